The molecule has 100 valence electrons. The molecule has 19 heavy (non-hydrogen) atoms. The van der Waals surface area contributed by atoms with E-state index in [9.17, 15) is 9.18 Å². The minimum Gasteiger partial charge on any atom is -0.368 e. The SMILES string of the molecule is Cc1cc2[nH]c(CNC(=O)C3CCO3)cc2cc1F. The molecule has 2 heterocycles. The van der Waals surface area contributed by atoms with E-state index < -0.39 is 0 Å². The van der Waals surface area contributed by atoms with Gasteiger partial charge in [0.15, 0.2) is 0 Å². The van der Waals surface area contributed by atoms with Gasteiger partial charge in [0.1, 0.15) is 11.9 Å². The Kier molecular flexibility index (Phi) is 2.98. The average Bonchev–Trinajstić information content (AvgIpc) is 2.67. The highest BCUT2D eigenvalue weighted by molar-refractivity contribution is 5.83. The third kappa shape index (κ3) is 2.33. The number of benzene rings is 1. The molecule has 4 nitrogen and oxygen atoms in total. The van der Waals surface area contributed by atoms with Crippen LogP contribution < -0.4 is 5.32 Å². The number of H-pyrrole nitrogens is 1. The summed E-state index contributed by atoms with van der Waals surface area (Å²) in [5, 5.41) is 3.61. The summed E-state index contributed by atoms with van der Waals surface area (Å²) in [5.74, 6) is -0.308. The quantitative estimate of drug-likeness (QED) is 0.889. The summed E-state index contributed by atoms with van der Waals surface area (Å²) in [7, 11) is 0. The zero-order chi connectivity index (χ0) is 13.4. The molecule has 1 aromatic heterocycles. The van der Waals surface area contributed by atoms with Gasteiger partial charge in [0.25, 0.3) is 0 Å². The van der Waals surface area contributed by atoms with Gasteiger partial charge in [-0.1, -0.05) is 0 Å². The zero-order valence-electron chi connectivity index (χ0n) is 10.6. The van der Waals surface area contributed by atoms with Crippen LogP contribution in [0, 0.1) is 12.7 Å². The fourth-order valence-corrected chi connectivity index (χ4v) is 2.16. The van der Waals surface area contributed by atoms with Crippen molar-refractivity contribution in [2.24, 2.45) is 0 Å². The number of aryl methyl sites for hydroxylation is 1. The van der Waals surface area contributed by atoms with Gasteiger partial charge in [-0.2, -0.15) is 0 Å². The first kappa shape index (κ1) is 12.2. The molecule has 1 amide bonds. The Balaban J connectivity index is 1.72. The first-order valence-corrected chi connectivity index (χ1v) is 6.30. The summed E-state index contributed by atoms with van der Waals surface area (Å²) in [5.41, 5.74) is 2.34. The number of fused-ring (bicyclic) bond motifs is 1. The summed E-state index contributed by atoms with van der Waals surface area (Å²) in [6.07, 6.45) is 0.479. The second-order valence-electron chi connectivity index (χ2n) is 4.85. The number of hydrogen-bond acceptors (Lipinski definition) is 2. The summed E-state index contributed by atoms with van der Waals surface area (Å²) in [6, 6.07) is 5.12. The average molecular weight is 262 g/mol. The second-order valence-corrected chi connectivity index (χ2v) is 4.85. The van der Waals surface area contributed by atoms with E-state index in [2.05, 4.69) is 10.3 Å². The molecular weight excluding hydrogens is 247 g/mol. The molecule has 1 aliphatic rings. The van der Waals surface area contributed by atoms with Crippen molar-refractivity contribution in [2.75, 3.05) is 6.61 Å². The number of carbonyl (C=O) groups is 1. The van der Waals surface area contributed by atoms with Crippen molar-refractivity contribution in [3.8, 4) is 0 Å². The van der Waals surface area contributed by atoms with Crippen molar-refractivity contribution in [3.05, 3.63) is 35.3 Å². The fourth-order valence-electron chi connectivity index (χ4n) is 2.16. The van der Waals surface area contributed by atoms with Gasteiger partial charge in [-0.15, -0.1) is 0 Å². The van der Waals surface area contributed by atoms with Crippen molar-refractivity contribution >= 4 is 16.8 Å². The molecule has 2 aromatic rings. The van der Waals surface area contributed by atoms with Gasteiger partial charge in [-0.3, -0.25) is 4.79 Å². The molecule has 1 atom stereocenters. The summed E-state index contributed by atoms with van der Waals surface area (Å²) >= 11 is 0. The summed E-state index contributed by atoms with van der Waals surface area (Å²) in [6.45, 7) is 2.78. The van der Waals surface area contributed by atoms with Crippen LogP contribution in [-0.4, -0.2) is 23.6 Å². The number of nitrogens with one attached hydrogen (secondary N) is 2. The predicted molar refractivity (Wildman–Crippen MR) is 69.2 cm³/mol. The maximum absolute atomic E-state index is 13.4. The van der Waals surface area contributed by atoms with Gasteiger partial charge in [0.05, 0.1) is 13.2 Å². The predicted octanol–water partition coefficient (Wildman–Crippen LogP) is 2.02. The topological polar surface area (TPSA) is 54.1 Å². The monoisotopic (exact) mass is 262 g/mol. The maximum atomic E-state index is 13.4. The number of halogens is 1. The van der Waals surface area contributed by atoms with E-state index in [0.29, 0.717) is 18.7 Å². The van der Waals surface area contributed by atoms with Gasteiger partial charge >= 0.3 is 0 Å². The van der Waals surface area contributed by atoms with Crippen molar-refractivity contribution < 1.29 is 13.9 Å². The first-order chi connectivity index (χ1) is 9.13. The lowest BCUT2D eigenvalue weighted by Crippen LogP contribution is -2.42. The largest absolute Gasteiger partial charge is 0.368 e. The standard InChI is InChI=1S/C14H15FN2O2/c1-8-4-12-9(6-11(8)15)5-10(17-12)7-16-14(18)13-2-3-19-13/h4-6,13,17H,2-3,7H2,1H3,(H,16,18). The number of amides is 1. The van der Waals surface area contributed by atoms with E-state index in [1.807, 2.05) is 6.07 Å². The van der Waals surface area contributed by atoms with Crippen LogP contribution in [0.2, 0.25) is 0 Å². The van der Waals surface area contributed by atoms with Crippen molar-refractivity contribution in [2.45, 2.75) is 26.0 Å². The smallest absolute Gasteiger partial charge is 0.249 e. The van der Waals surface area contributed by atoms with Crippen LogP contribution in [0.4, 0.5) is 4.39 Å². The Hall–Kier alpha value is -1.88. The van der Waals surface area contributed by atoms with Crippen LogP contribution in [0.1, 0.15) is 17.7 Å². The highest BCUT2D eigenvalue weighted by atomic mass is 19.1. The number of ether oxygens (including phenoxy) is 1. The summed E-state index contributed by atoms with van der Waals surface area (Å²) < 4.78 is 18.5. The number of aromatic nitrogens is 1. The molecule has 2 N–H and O–H groups in total. The lowest BCUT2D eigenvalue weighted by Gasteiger charge is -2.24. The van der Waals surface area contributed by atoms with Crippen molar-refractivity contribution in [1.29, 1.82) is 0 Å². The van der Waals surface area contributed by atoms with Gasteiger partial charge in [-0.05, 0) is 30.7 Å². The minimum atomic E-state index is -0.302. The van der Waals surface area contributed by atoms with Gasteiger partial charge in [-0.25, -0.2) is 4.39 Å². The van der Waals surface area contributed by atoms with Gasteiger partial charge < -0.3 is 15.0 Å². The normalized spacial score (nSPS) is 18.3. The molecule has 0 aliphatic carbocycles. The Bertz CT molecular complexity index is 593. The zero-order valence-corrected chi connectivity index (χ0v) is 10.6. The third-order valence-electron chi connectivity index (χ3n) is 3.40. The van der Waals surface area contributed by atoms with Crippen LogP contribution in [0.15, 0.2) is 18.2 Å². The van der Waals surface area contributed by atoms with E-state index in [0.717, 1.165) is 23.0 Å². The Morgan fingerprint density at radius 2 is 2.32 bits per heavy atom. The van der Waals surface area contributed by atoms with E-state index in [1.54, 1.807) is 13.0 Å². The molecule has 0 spiro atoms. The van der Waals surface area contributed by atoms with Crippen LogP contribution in [0.5, 0.6) is 0 Å². The molecule has 1 fully saturated rings. The Morgan fingerprint density at radius 3 is 3.00 bits per heavy atom. The minimum absolute atomic E-state index is 0.0905. The van der Waals surface area contributed by atoms with E-state index in [-0.39, 0.29) is 17.8 Å². The molecule has 3 rings (SSSR count). The first-order valence-electron chi connectivity index (χ1n) is 6.30. The summed E-state index contributed by atoms with van der Waals surface area (Å²) in [4.78, 5) is 14.8. The maximum Gasteiger partial charge on any atom is 0.249 e. The van der Waals surface area contributed by atoms with E-state index in [1.165, 1.54) is 6.07 Å². The lowest BCUT2D eigenvalue weighted by molar-refractivity contribution is -0.145. The van der Waals surface area contributed by atoms with Crippen LogP contribution >= 0.6 is 0 Å². The molecular formula is C14H15FN2O2. The highest BCUT2D eigenvalue weighted by Gasteiger charge is 2.25. The Morgan fingerprint density at radius 1 is 1.53 bits per heavy atom. The van der Waals surface area contributed by atoms with Crippen molar-refractivity contribution in [1.82, 2.24) is 10.3 Å². The molecule has 1 aliphatic heterocycles. The molecule has 1 unspecified atom stereocenters. The lowest BCUT2D eigenvalue weighted by atomic mass is 10.1. The number of hydrogen-bond donors (Lipinski definition) is 2. The van der Waals surface area contributed by atoms with Crippen LogP contribution in [0.3, 0.4) is 0 Å². The molecule has 5 heteroatoms. The molecule has 1 aromatic carbocycles. The number of carbonyl (C=O) groups excluding carboxylic acids is 1. The van der Waals surface area contributed by atoms with Crippen LogP contribution in [0.25, 0.3) is 10.9 Å². The number of aromatic amines is 1. The van der Waals surface area contributed by atoms with E-state index >= 15 is 0 Å². The Labute approximate surface area is 109 Å². The second kappa shape index (κ2) is 4.66. The fraction of sp³-hybridized carbons (Fsp3) is 0.357. The van der Waals surface area contributed by atoms with E-state index in [4.69, 9.17) is 4.74 Å². The molecule has 0 saturated carbocycles. The molecule has 0 radical (unpaired) electrons. The van der Waals surface area contributed by atoms with Crippen molar-refractivity contribution in [3.63, 3.8) is 0 Å². The number of rotatable bonds is 3. The van der Waals surface area contributed by atoms with Gasteiger partial charge in [0.2, 0.25) is 5.91 Å². The van der Waals surface area contributed by atoms with Crippen LogP contribution in [-0.2, 0) is 16.1 Å². The molecule has 1 saturated heterocycles. The third-order valence-corrected chi connectivity index (χ3v) is 3.40. The molecule has 0 bridgehead atoms. The highest BCUT2D eigenvalue weighted by Crippen LogP contribution is 2.19. The van der Waals surface area contributed by atoms with Gasteiger partial charge in [0, 0.05) is 23.0 Å².